The topological polar surface area (TPSA) is 51.0 Å². The Morgan fingerprint density at radius 1 is 1.24 bits per heavy atom. The first-order valence-electron chi connectivity index (χ1n) is 6.39. The van der Waals surface area contributed by atoms with Crippen molar-refractivity contribution in [1.82, 2.24) is 15.5 Å². The Balaban J connectivity index is 2.16. The summed E-state index contributed by atoms with van der Waals surface area (Å²) in [6, 6.07) is 0.131. The van der Waals surface area contributed by atoms with Crippen LogP contribution in [0.1, 0.15) is 65.3 Å². The minimum atomic E-state index is 0.131. The first kappa shape index (κ1) is 12.6. The minimum Gasteiger partial charge on any atom is -0.423 e. The van der Waals surface area contributed by atoms with Gasteiger partial charge in [-0.05, 0) is 24.3 Å². The van der Waals surface area contributed by atoms with Gasteiger partial charge in [-0.15, -0.1) is 10.2 Å². The van der Waals surface area contributed by atoms with Crippen molar-refractivity contribution in [2.24, 2.45) is 10.8 Å². The van der Waals surface area contributed by atoms with E-state index in [1.807, 2.05) is 6.92 Å². The van der Waals surface area contributed by atoms with E-state index in [0.717, 1.165) is 12.4 Å². The van der Waals surface area contributed by atoms with E-state index in [0.29, 0.717) is 11.8 Å². The van der Waals surface area contributed by atoms with E-state index < -0.39 is 0 Å². The maximum absolute atomic E-state index is 5.81. The lowest BCUT2D eigenvalue weighted by Crippen LogP contribution is -2.17. The average molecular weight is 237 g/mol. The number of nitrogens with one attached hydrogen (secondary N) is 1. The molecular weight excluding hydrogens is 214 g/mol. The predicted molar refractivity (Wildman–Crippen MR) is 66.7 cm³/mol. The van der Waals surface area contributed by atoms with Crippen LogP contribution in [0.4, 0.5) is 0 Å². The summed E-state index contributed by atoms with van der Waals surface area (Å²) in [6.45, 7) is 14.1. The Bertz CT molecular complexity index is 395. The van der Waals surface area contributed by atoms with Crippen LogP contribution >= 0.6 is 0 Å². The molecule has 1 atom stereocenters. The van der Waals surface area contributed by atoms with Gasteiger partial charge in [0, 0.05) is 5.92 Å². The molecule has 4 heteroatoms. The van der Waals surface area contributed by atoms with Crippen molar-refractivity contribution in [2.45, 2.75) is 53.5 Å². The average Bonchev–Trinajstić information content (AvgIpc) is 2.59. The van der Waals surface area contributed by atoms with Gasteiger partial charge in [0.15, 0.2) is 0 Å². The largest absolute Gasteiger partial charge is 0.423 e. The Hall–Kier alpha value is -0.900. The van der Waals surface area contributed by atoms with E-state index >= 15 is 0 Å². The maximum atomic E-state index is 5.81. The summed E-state index contributed by atoms with van der Waals surface area (Å²) < 4.78 is 5.81. The standard InChI is InChI=1S/C13H23N3O/c1-7-14-8(2)10-15-16-11(17-10)9-12(3,4)13(9,5)6/h8-9,14H,7H2,1-6H3. The second kappa shape index (κ2) is 3.80. The summed E-state index contributed by atoms with van der Waals surface area (Å²) in [6.07, 6.45) is 0. The van der Waals surface area contributed by atoms with Gasteiger partial charge >= 0.3 is 0 Å². The molecule has 2 rings (SSSR count). The molecule has 0 radical (unpaired) electrons. The molecule has 1 N–H and O–H groups in total. The molecule has 1 aliphatic carbocycles. The summed E-state index contributed by atoms with van der Waals surface area (Å²) in [7, 11) is 0. The molecule has 1 aliphatic rings. The number of aromatic nitrogens is 2. The maximum Gasteiger partial charge on any atom is 0.233 e. The molecule has 1 saturated carbocycles. The van der Waals surface area contributed by atoms with E-state index in [-0.39, 0.29) is 16.9 Å². The lowest BCUT2D eigenvalue weighted by molar-refractivity contribution is 0.386. The lowest BCUT2D eigenvalue weighted by atomic mass is 10.0. The highest BCUT2D eigenvalue weighted by molar-refractivity contribution is 5.24. The summed E-state index contributed by atoms with van der Waals surface area (Å²) in [5.41, 5.74) is 0.496. The molecule has 17 heavy (non-hydrogen) atoms. The van der Waals surface area contributed by atoms with Crippen molar-refractivity contribution in [2.75, 3.05) is 6.54 Å². The number of rotatable bonds is 4. The second-order valence-electron chi connectivity index (χ2n) is 6.13. The van der Waals surface area contributed by atoms with Gasteiger partial charge in [-0.1, -0.05) is 34.6 Å². The van der Waals surface area contributed by atoms with Crippen molar-refractivity contribution in [3.63, 3.8) is 0 Å². The molecule has 0 saturated heterocycles. The molecule has 1 aromatic rings. The SMILES string of the molecule is CCNC(C)c1nnc(C2C(C)(C)C2(C)C)o1. The summed E-state index contributed by atoms with van der Waals surface area (Å²) in [5, 5.41) is 11.6. The van der Waals surface area contributed by atoms with Crippen LogP contribution in [0.15, 0.2) is 4.42 Å². The summed E-state index contributed by atoms with van der Waals surface area (Å²) in [5.74, 6) is 1.87. The van der Waals surface area contributed by atoms with Gasteiger partial charge in [0.2, 0.25) is 11.8 Å². The molecular formula is C13H23N3O. The van der Waals surface area contributed by atoms with E-state index in [1.165, 1.54) is 0 Å². The second-order valence-corrected chi connectivity index (χ2v) is 6.13. The van der Waals surface area contributed by atoms with Crippen LogP contribution in [-0.2, 0) is 0 Å². The Labute approximate surface area is 103 Å². The predicted octanol–water partition coefficient (Wildman–Crippen LogP) is 2.89. The van der Waals surface area contributed by atoms with Crippen LogP contribution in [0.25, 0.3) is 0 Å². The molecule has 4 nitrogen and oxygen atoms in total. The Kier molecular flexibility index (Phi) is 2.81. The Morgan fingerprint density at radius 2 is 1.82 bits per heavy atom. The van der Waals surface area contributed by atoms with Gasteiger partial charge in [0.1, 0.15) is 0 Å². The van der Waals surface area contributed by atoms with Gasteiger partial charge in [-0.2, -0.15) is 0 Å². The minimum absolute atomic E-state index is 0.131. The zero-order valence-electron chi connectivity index (χ0n) is 11.7. The van der Waals surface area contributed by atoms with Crippen molar-refractivity contribution in [3.05, 3.63) is 11.8 Å². The molecule has 0 bridgehead atoms. The lowest BCUT2D eigenvalue weighted by Gasteiger charge is -2.05. The highest BCUT2D eigenvalue weighted by Crippen LogP contribution is 2.73. The summed E-state index contributed by atoms with van der Waals surface area (Å²) >= 11 is 0. The first-order chi connectivity index (χ1) is 7.82. The van der Waals surface area contributed by atoms with Crippen LogP contribution in [-0.4, -0.2) is 16.7 Å². The molecule has 1 fully saturated rings. The van der Waals surface area contributed by atoms with Crippen molar-refractivity contribution in [3.8, 4) is 0 Å². The van der Waals surface area contributed by atoms with Crippen molar-refractivity contribution < 1.29 is 4.42 Å². The van der Waals surface area contributed by atoms with Gasteiger partial charge in [0.05, 0.1) is 6.04 Å². The molecule has 1 aromatic heterocycles. The molecule has 0 amide bonds. The van der Waals surface area contributed by atoms with E-state index in [9.17, 15) is 0 Å². The Morgan fingerprint density at radius 3 is 2.29 bits per heavy atom. The normalized spacial score (nSPS) is 23.6. The third kappa shape index (κ3) is 1.79. The zero-order chi connectivity index (χ0) is 12.8. The van der Waals surface area contributed by atoms with Gasteiger partial charge in [-0.3, -0.25) is 0 Å². The highest BCUT2D eigenvalue weighted by atomic mass is 16.4. The van der Waals surface area contributed by atoms with Gasteiger partial charge < -0.3 is 9.73 Å². The molecule has 1 unspecified atom stereocenters. The number of hydrogen-bond donors (Lipinski definition) is 1. The quantitative estimate of drug-likeness (QED) is 0.874. The van der Waals surface area contributed by atoms with Crippen LogP contribution in [0.3, 0.4) is 0 Å². The van der Waals surface area contributed by atoms with Crippen LogP contribution in [0, 0.1) is 10.8 Å². The monoisotopic (exact) mass is 237 g/mol. The van der Waals surface area contributed by atoms with Gasteiger partial charge in [-0.25, -0.2) is 0 Å². The summed E-state index contributed by atoms with van der Waals surface area (Å²) in [4.78, 5) is 0. The highest BCUT2D eigenvalue weighted by Gasteiger charge is 2.67. The third-order valence-corrected chi connectivity index (χ3v) is 4.60. The van der Waals surface area contributed by atoms with Crippen LogP contribution in [0.2, 0.25) is 0 Å². The molecule has 0 aromatic carbocycles. The molecule has 1 heterocycles. The smallest absolute Gasteiger partial charge is 0.233 e. The van der Waals surface area contributed by atoms with E-state index in [1.54, 1.807) is 0 Å². The fourth-order valence-electron chi connectivity index (χ4n) is 2.75. The zero-order valence-corrected chi connectivity index (χ0v) is 11.7. The van der Waals surface area contributed by atoms with Gasteiger partial charge in [0.25, 0.3) is 0 Å². The van der Waals surface area contributed by atoms with Crippen LogP contribution in [0.5, 0.6) is 0 Å². The number of nitrogens with zero attached hydrogens (tertiary/aromatic N) is 2. The first-order valence-corrected chi connectivity index (χ1v) is 6.39. The molecule has 96 valence electrons. The van der Waals surface area contributed by atoms with E-state index in [2.05, 4.69) is 50.1 Å². The molecule has 0 aliphatic heterocycles. The van der Waals surface area contributed by atoms with E-state index in [4.69, 9.17) is 4.42 Å². The fraction of sp³-hybridized carbons (Fsp3) is 0.846. The third-order valence-electron chi connectivity index (χ3n) is 4.60. The van der Waals surface area contributed by atoms with Crippen molar-refractivity contribution >= 4 is 0 Å². The molecule has 0 spiro atoms. The number of hydrogen-bond acceptors (Lipinski definition) is 4. The fourth-order valence-corrected chi connectivity index (χ4v) is 2.75. The van der Waals surface area contributed by atoms with Crippen molar-refractivity contribution in [1.29, 1.82) is 0 Å². The van der Waals surface area contributed by atoms with Crippen LogP contribution < -0.4 is 5.32 Å².